The SMILES string of the molecule is CC(C)CN(NC(=O)N(CCCCCN)c1ccc(F)cc1)c1ccnc(C#N)n1. The summed E-state index contributed by atoms with van der Waals surface area (Å²) in [6, 6.07) is 8.96. The number of unbranched alkanes of at least 4 members (excludes halogenated alkanes) is 2. The van der Waals surface area contributed by atoms with E-state index in [4.69, 9.17) is 11.0 Å². The number of halogens is 1. The number of carbonyl (C=O) groups is 1. The molecule has 0 spiro atoms. The first-order chi connectivity index (χ1) is 14.4. The van der Waals surface area contributed by atoms with Crippen molar-refractivity contribution in [3.63, 3.8) is 0 Å². The van der Waals surface area contributed by atoms with Gasteiger partial charge in [0.25, 0.3) is 0 Å². The van der Waals surface area contributed by atoms with E-state index in [-0.39, 0.29) is 23.6 Å². The normalized spacial score (nSPS) is 10.5. The highest BCUT2D eigenvalue weighted by molar-refractivity contribution is 5.92. The van der Waals surface area contributed by atoms with Gasteiger partial charge in [-0.3, -0.25) is 9.91 Å². The maximum atomic E-state index is 13.4. The summed E-state index contributed by atoms with van der Waals surface area (Å²) in [5, 5.41) is 10.7. The van der Waals surface area contributed by atoms with Crippen LogP contribution in [-0.4, -0.2) is 35.6 Å². The standard InChI is InChI=1S/C21H28FN7O/c1-16(2)15-29(20-10-12-25-19(14-24)26-20)27-21(30)28(13-5-3-4-11-23)18-8-6-17(22)7-9-18/h6-10,12,16H,3-5,11,13,15,23H2,1-2H3,(H,27,30). The van der Waals surface area contributed by atoms with Crippen molar-refractivity contribution in [1.82, 2.24) is 15.4 Å². The first kappa shape index (κ1) is 23.0. The third-order valence-corrected chi connectivity index (χ3v) is 4.27. The largest absolute Gasteiger partial charge is 0.340 e. The Labute approximate surface area is 176 Å². The zero-order valence-electron chi connectivity index (χ0n) is 17.4. The average Bonchev–Trinajstić information content (AvgIpc) is 2.74. The van der Waals surface area contributed by atoms with Gasteiger partial charge in [-0.25, -0.2) is 19.6 Å². The number of rotatable bonds is 10. The van der Waals surface area contributed by atoms with Gasteiger partial charge in [0.05, 0.1) is 0 Å². The zero-order chi connectivity index (χ0) is 21.9. The Bertz CT molecular complexity index is 851. The minimum atomic E-state index is -0.368. The molecule has 1 heterocycles. The number of aromatic nitrogens is 2. The molecular weight excluding hydrogens is 385 g/mol. The first-order valence-corrected chi connectivity index (χ1v) is 9.99. The molecule has 2 amide bonds. The Balaban J connectivity index is 2.23. The molecule has 0 bridgehead atoms. The third-order valence-electron chi connectivity index (χ3n) is 4.27. The molecule has 2 rings (SSSR count). The summed E-state index contributed by atoms with van der Waals surface area (Å²) >= 11 is 0. The summed E-state index contributed by atoms with van der Waals surface area (Å²) in [5.74, 6) is 0.293. The number of nitrogens with two attached hydrogens (primary N) is 1. The predicted octanol–water partition coefficient (Wildman–Crippen LogP) is 3.21. The summed E-state index contributed by atoms with van der Waals surface area (Å²) in [4.78, 5) is 22.8. The molecule has 3 N–H and O–H groups in total. The van der Waals surface area contributed by atoms with E-state index in [1.54, 1.807) is 28.1 Å². The Hall–Kier alpha value is -3.25. The smallest absolute Gasteiger partial charge is 0.330 e. The van der Waals surface area contributed by atoms with E-state index in [1.807, 2.05) is 19.9 Å². The lowest BCUT2D eigenvalue weighted by molar-refractivity contribution is 0.244. The molecule has 0 atom stereocenters. The van der Waals surface area contributed by atoms with E-state index in [1.165, 1.54) is 18.3 Å². The summed E-state index contributed by atoms with van der Waals surface area (Å²) < 4.78 is 13.4. The molecule has 0 saturated carbocycles. The quantitative estimate of drug-likeness (QED) is 0.457. The number of hydrogen-bond donors (Lipinski definition) is 2. The molecule has 2 aromatic rings. The molecule has 8 nitrogen and oxygen atoms in total. The molecule has 1 aromatic heterocycles. The van der Waals surface area contributed by atoms with Gasteiger partial charge in [-0.05, 0) is 49.6 Å². The molecular formula is C21H28FN7O. The van der Waals surface area contributed by atoms with Crippen molar-refractivity contribution in [2.45, 2.75) is 33.1 Å². The summed E-state index contributed by atoms with van der Waals surface area (Å²) in [7, 11) is 0. The second-order valence-electron chi connectivity index (χ2n) is 7.25. The highest BCUT2D eigenvalue weighted by Gasteiger charge is 2.20. The van der Waals surface area contributed by atoms with E-state index in [2.05, 4.69) is 15.4 Å². The number of amides is 2. The number of carbonyl (C=O) groups excluding carboxylic acids is 1. The fourth-order valence-electron chi connectivity index (χ4n) is 2.85. The van der Waals surface area contributed by atoms with Crippen LogP contribution in [0, 0.1) is 23.1 Å². The average molecular weight is 414 g/mol. The van der Waals surface area contributed by atoms with E-state index < -0.39 is 0 Å². The zero-order valence-corrected chi connectivity index (χ0v) is 17.4. The van der Waals surface area contributed by atoms with Crippen molar-refractivity contribution in [3.8, 4) is 6.07 Å². The van der Waals surface area contributed by atoms with Crippen LogP contribution in [0.4, 0.5) is 20.7 Å². The Kier molecular flexibility index (Phi) is 8.97. The van der Waals surface area contributed by atoms with E-state index in [0.717, 1.165) is 19.3 Å². The molecule has 0 radical (unpaired) electrons. The number of benzene rings is 1. The lowest BCUT2D eigenvalue weighted by Gasteiger charge is -2.30. The van der Waals surface area contributed by atoms with Crippen LogP contribution in [-0.2, 0) is 0 Å². The second-order valence-corrected chi connectivity index (χ2v) is 7.25. The lowest BCUT2D eigenvalue weighted by atomic mass is 10.2. The molecule has 1 aromatic carbocycles. The van der Waals surface area contributed by atoms with Gasteiger partial charge < -0.3 is 5.73 Å². The van der Waals surface area contributed by atoms with Crippen LogP contribution in [0.25, 0.3) is 0 Å². The minimum absolute atomic E-state index is 0.0210. The number of nitrogens with one attached hydrogen (secondary N) is 1. The molecule has 160 valence electrons. The number of hydrazine groups is 1. The number of nitrogens with zero attached hydrogens (tertiary/aromatic N) is 5. The minimum Gasteiger partial charge on any atom is -0.330 e. The molecule has 9 heteroatoms. The molecule has 0 aliphatic rings. The van der Waals surface area contributed by atoms with Crippen molar-refractivity contribution in [2.24, 2.45) is 11.7 Å². The van der Waals surface area contributed by atoms with Gasteiger partial charge in [0.2, 0.25) is 5.82 Å². The molecule has 0 aliphatic carbocycles. The van der Waals surface area contributed by atoms with Gasteiger partial charge in [0, 0.05) is 31.0 Å². The first-order valence-electron chi connectivity index (χ1n) is 9.99. The Morgan fingerprint density at radius 3 is 2.60 bits per heavy atom. The van der Waals surface area contributed by atoms with Crippen LogP contribution in [0.5, 0.6) is 0 Å². The maximum Gasteiger partial charge on any atom is 0.340 e. The number of anilines is 2. The second kappa shape index (κ2) is 11.7. The Morgan fingerprint density at radius 2 is 1.97 bits per heavy atom. The van der Waals surface area contributed by atoms with Crippen LogP contribution in [0.3, 0.4) is 0 Å². The van der Waals surface area contributed by atoms with Crippen molar-refractivity contribution in [1.29, 1.82) is 5.26 Å². The predicted molar refractivity (Wildman–Crippen MR) is 114 cm³/mol. The van der Waals surface area contributed by atoms with Crippen LogP contribution >= 0.6 is 0 Å². The van der Waals surface area contributed by atoms with Crippen LogP contribution in [0.15, 0.2) is 36.5 Å². The van der Waals surface area contributed by atoms with Crippen molar-refractivity contribution in [2.75, 3.05) is 29.5 Å². The van der Waals surface area contributed by atoms with Gasteiger partial charge in [-0.1, -0.05) is 20.3 Å². The monoisotopic (exact) mass is 413 g/mol. The van der Waals surface area contributed by atoms with Gasteiger partial charge in [0.15, 0.2) is 5.82 Å². The van der Waals surface area contributed by atoms with Crippen molar-refractivity contribution < 1.29 is 9.18 Å². The highest BCUT2D eigenvalue weighted by Crippen LogP contribution is 2.17. The maximum absolute atomic E-state index is 13.4. The molecule has 0 unspecified atom stereocenters. The van der Waals surface area contributed by atoms with E-state index in [0.29, 0.717) is 31.1 Å². The number of hydrogen-bond acceptors (Lipinski definition) is 6. The molecule has 30 heavy (non-hydrogen) atoms. The van der Waals surface area contributed by atoms with Gasteiger partial charge in [-0.15, -0.1) is 0 Å². The topological polar surface area (TPSA) is 111 Å². The molecule has 0 fully saturated rings. The number of urea groups is 1. The molecule has 0 aliphatic heterocycles. The van der Waals surface area contributed by atoms with E-state index >= 15 is 0 Å². The summed E-state index contributed by atoms with van der Waals surface area (Å²) in [5.41, 5.74) is 9.02. The van der Waals surface area contributed by atoms with Gasteiger partial charge >= 0.3 is 6.03 Å². The van der Waals surface area contributed by atoms with Gasteiger partial charge in [0.1, 0.15) is 11.9 Å². The van der Waals surface area contributed by atoms with Crippen LogP contribution < -0.4 is 21.1 Å². The van der Waals surface area contributed by atoms with Crippen molar-refractivity contribution in [3.05, 3.63) is 48.2 Å². The fourth-order valence-corrected chi connectivity index (χ4v) is 2.85. The van der Waals surface area contributed by atoms with Crippen LogP contribution in [0.2, 0.25) is 0 Å². The third kappa shape index (κ3) is 6.97. The van der Waals surface area contributed by atoms with E-state index in [9.17, 15) is 9.18 Å². The Morgan fingerprint density at radius 1 is 1.23 bits per heavy atom. The van der Waals surface area contributed by atoms with Gasteiger partial charge in [-0.2, -0.15) is 10.2 Å². The summed E-state index contributed by atoms with van der Waals surface area (Å²) in [6.07, 6.45) is 3.99. The highest BCUT2D eigenvalue weighted by atomic mass is 19.1. The van der Waals surface area contributed by atoms with Crippen molar-refractivity contribution >= 4 is 17.5 Å². The number of nitriles is 1. The molecule has 0 saturated heterocycles. The lowest BCUT2D eigenvalue weighted by Crippen LogP contribution is -2.51. The van der Waals surface area contributed by atoms with Crippen LogP contribution in [0.1, 0.15) is 38.9 Å². The fraction of sp³-hybridized carbons (Fsp3) is 0.429. The summed E-state index contributed by atoms with van der Waals surface area (Å²) in [6.45, 7) is 5.56.